The Balaban J connectivity index is 1.91. The molecular weight excluding hydrogens is 274 g/mol. The number of hydrogen-bond donors (Lipinski definition) is 1. The number of nitrogens with one attached hydrogen (secondary N) is 1. The van der Waals surface area contributed by atoms with E-state index in [4.69, 9.17) is 0 Å². The molecule has 3 rings (SSSR count). The Morgan fingerprint density at radius 3 is 2.85 bits per heavy atom. The lowest BCUT2D eigenvalue weighted by molar-refractivity contribution is 0.184. The molecule has 20 heavy (non-hydrogen) atoms. The second-order valence-corrected chi connectivity index (χ2v) is 7.24. The third kappa shape index (κ3) is 2.33. The number of likely N-dealkylation sites (tertiary alicyclic amines) is 1. The zero-order chi connectivity index (χ0) is 14.3. The Kier molecular flexibility index (Phi) is 3.30. The fourth-order valence-corrected chi connectivity index (χ4v) is 4.03. The molecule has 2 heterocycles. The first-order chi connectivity index (χ1) is 9.47. The Hall–Kier alpha value is -1.40. The van der Waals surface area contributed by atoms with Gasteiger partial charge >= 0.3 is 0 Å². The van der Waals surface area contributed by atoms with E-state index in [1.165, 1.54) is 0 Å². The van der Waals surface area contributed by atoms with Crippen LogP contribution in [0.2, 0.25) is 0 Å². The van der Waals surface area contributed by atoms with Crippen molar-refractivity contribution in [2.45, 2.75) is 36.7 Å². The van der Waals surface area contributed by atoms with E-state index in [9.17, 15) is 8.42 Å². The van der Waals surface area contributed by atoms with Gasteiger partial charge in [-0.15, -0.1) is 0 Å². The minimum atomic E-state index is -3.42. The van der Waals surface area contributed by atoms with Gasteiger partial charge in [-0.1, -0.05) is 12.1 Å². The first kappa shape index (κ1) is 13.6. The van der Waals surface area contributed by atoms with E-state index in [0.29, 0.717) is 22.3 Å². The summed E-state index contributed by atoms with van der Waals surface area (Å²) in [6.07, 6.45) is 1.93. The zero-order valence-electron chi connectivity index (χ0n) is 11.7. The molecule has 108 valence electrons. The number of hydrogen-bond acceptors (Lipinski definition) is 4. The molecule has 1 aromatic rings. The topological polar surface area (TPSA) is 61.8 Å². The van der Waals surface area contributed by atoms with Crippen molar-refractivity contribution in [1.82, 2.24) is 9.62 Å². The van der Waals surface area contributed by atoms with E-state index in [2.05, 4.69) is 28.6 Å². The zero-order valence-corrected chi connectivity index (χ0v) is 12.5. The molecular formula is C14H19N3O2S. The predicted molar refractivity (Wildman–Crippen MR) is 78.4 cm³/mol. The Morgan fingerprint density at radius 2 is 2.10 bits per heavy atom. The molecule has 0 radical (unpaired) electrons. The number of amidine groups is 1. The summed E-state index contributed by atoms with van der Waals surface area (Å²) in [7, 11) is -1.31. The molecule has 1 fully saturated rings. The lowest BCUT2D eigenvalue weighted by Crippen LogP contribution is -2.40. The van der Waals surface area contributed by atoms with Crippen LogP contribution in [0.5, 0.6) is 0 Å². The van der Waals surface area contributed by atoms with Crippen LogP contribution in [0.3, 0.4) is 0 Å². The van der Waals surface area contributed by atoms with Gasteiger partial charge in [0.1, 0.15) is 5.84 Å². The lowest BCUT2D eigenvalue weighted by Gasteiger charge is -2.33. The number of piperidine rings is 1. The average molecular weight is 293 g/mol. The second-order valence-electron chi connectivity index (χ2n) is 5.59. The maximum Gasteiger partial charge on any atom is 0.263 e. The van der Waals surface area contributed by atoms with Crippen LogP contribution in [-0.2, 0) is 10.0 Å². The fraction of sp³-hybridized carbons (Fsp3) is 0.500. The van der Waals surface area contributed by atoms with Crippen molar-refractivity contribution in [2.75, 3.05) is 13.6 Å². The largest absolute Gasteiger partial charge is 0.304 e. The minimum absolute atomic E-state index is 0.185. The van der Waals surface area contributed by atoms with Gasteiger partial charge in [-0.05, 0) is 38.9 Å². The molecule has 2 aliphatic heterocycles. The van der Waals surface area contributed by atoms with Gasteiger partial charge in [0.15, 0.2) is 0 Å². The van der Waals surface area contributed by atoms with Crippen LogP contribution in [0, 0.1) is 0 Å². The van der Waals surface area contributed by atoms with Gasteiger partial charge in [0.05, 0.1) is 10.9 Å². The molecule has 5 nitrogen and oxygen atoms in total. The van der Waals surface area contributed by atoms with Gasteiger partial charge in [0.2, 0.25) is 0 Å². The van der Waals surface area contributed by atoms with Crippen molar-refractivity contribution in [3.8, 4) is 0 Å². The number of aliphatic imine (C=N–C) groups is 1. The van der Waals surface area contributed by atoms with Gasteiger partial charge in [0, 0.05) is 18.2 Å². The highest BCUT2D eigenvalue weighted by Crippen LogP contribution is 2.25. The average Bonchev–Trinajstić information content (AvgIpc) is 2.66. The molecule has 1 aromatic carbocycles. The van der Waals surface area contributed by atoms with Crippen molar-refractivity contribution in [3.05, 3.63) is 29.8 Å². The highest BCUT2D eigenvalue weighted by Gasteiger charge is 2.31. The second kappa shape index (κ2) is 4.86. The molecule has 1 N–H and O–H groups in total. The van der Waals surface area contributed by atoms with Crippen molar-refractivity contribution < 1.29 is 8.42 Å². The summed E-state index contributed by atoms with van der Waals surface area (Å²) in [5.74, 6) is 0.502. The summed E-state index contributed by atoms with van der Waals surface area (Å²) in [4.78, 5) is 7.30. The number of fused-ring (bicyclic) bond motifs is 1. The summed E-state index contributed by atoms with van der Waals surface area (Å²) in [5.41, 5.74) is 0.694. The van der Waals surface area contributed by atoms with E-state index in [1.807, 2.05) is 12.1 Å². The monoisotopic (exact) mass is 293 g/mol. The molecule has 1 saturated heterocycles. The maximum absolute atomic E-state index is 12.0. The van der Waals surface area contributed by atoms with E-state index >= 15 is 0 Å². The highest BCUT2D eigenvalue weighted by molar-refractivity contribution is 7.90. The van der Waals surface area contributed by atoms with Gasteiger partial charge in [-0.25, -0.2) is 8.42 Å². The van der Waals surface area contributed by atoms with E-state index in [-0.39, 0.29) is 6.04 Å². The lowest BCUT2D eigenvalue weighted by atomic mass is 9.99. The predicted octanol–water partition coefficient (Wildman–Crippen LogP) is 1.21. The molecule has 2 aliphatic rings. The van der Waals surface area contributed by atoms with Crippen molar-refractivity contribution in [3.63, 3.8) is 0 Å². The van der Waals surface area contributed by atoms with Crippen LogP contribution in [0.4, 0.5) is 0 Å². The maximum atomic E-state index is 12.0. The number of sulfonamides is 1. The number of benzene rings is 1. The smallest absolute Gasteiger partial charge is 0.263 e. The quantitative estimate of drug-likeness (QED) is 0.846. The first-order valence-electron chi connectivity index (χ1n) is 6.87. The summed E-state index contributed by atoms with van der Waals surface area (Å²) in [5, 5.41) is 0. The molecule has 0 spiro atoms. The minimum Gasteiger partial charge on any atom is -0.304 e. The van der Waals surface area contributed by atoms with Crippen LogP contribution in [0.1, 0.15) is 25.3 Å². The van der Waals surface area contributed by atoms with Gasteiger partial charge < -0.3 is 4.90 Å². The molecule has 0 saturated carbocycles. The van der Waals surface area contributed by atoms with Crippen LogP contribution in [0.25, 0.3) is 0 Å². The van der Waals surface area contributed by atoms with Crippen LogP contribution >= 0.6 is 0 Å². The fourth-order valence-electron chi connectivity index (χ4n) is 2.79. The molecule has 0 amide bonds. The summed E-state index contributed by atoms with van der Waals surface area (Å²) >= 11 is 0. The van der Waals surface area contributed by atoms with E-state index in [0.717, 1.165) is 19.4 Å². The summed E-state index contributed by atoms with van der Waals surface area (Å²) < 4.78 is 26.6. The van der Waals surface area contributed by atoms with Crippen molar-refractivity contribution in [2.24, 2.45) is 4.99 Å². The number of nitrogens with zero attached hydrogens (tertiary/aromatic N) is 2. The molecule has 2 unspecified atom stereocenters. The first-order valence-corrected chi connectivity index (χ1v) is 8.36. The van der Waals surface area contributed by atoms with E-state index < -0.39 is 10.0 Å². The highest BCUT2D eigenvalue weighted by atomic mass is 32.2. The molecule has 6 heteroatoms. The SMILES string of the molecule is CC1CC(N=C2NS(=O)(=O)c3ccccc32)CCN1C. The van der Waals surface area contributed by atoms with E-state index in [1.54, 1.807) is 12.1 Å². The van der Waals surface area contributed by atoms with Gasteiger partial charge in [-0.3, -0.25) is 9.71 Å². The van der Waals surface area contributed by atoms with Crippen LogP contribution in [0.15, 0.2) is 34.2 Å². The molecule has 0 bridgehead atoms. The van der Waals surface area contributed by atoms with Crippen LogP contribution in [-0.4, -0.2) is 44.8 Å². The Morgan fingerprint density at radius 1 is 1.35 bits per heavy atom. The molecule has 2 atom stereocenters. The third-order valence-corrected chi connectivity index (χ3v) is 5.55. The van der Waals surface area contributed by atoms with Gasteiger partial charge in [0.25, 0.3) is 10.0 Å². The van der Waals surface area contributed by atoms with Gasteiger partial charge in [-0.2, -0.15) is 0 Å². The summed E-state index contributed by atoms with van der Waals surface area (Å²) in [6.45, 7) is 3.18. The Labute approximate surface area is 119 Å². The number of rotatable bonds is 1. The molecule has 0 aliphatic carbocycles. The normalized spacial score (nSPS) is 31.0. The van der Waals surface area contributed by atoms with Crippen molar-refractivity contribution in [1.29, 1.82) is 0 Å². The van der Waals surface area contributed by atoms with Crippen LogP contribution < -0.4 is 4.72 Å². The third-order valence-electron chi connectivity index (χ3n) is 4.16. The van der Waals surface area contributed by atoms with Crippen molar-refractivity contribution >= 4 is 15.9 Å². The Bertz CT molecular complexity index is 654. The standard InChI is InChI=1S/C14H19N3O2S/c1-10-9-11(7-8-17(10)2)15-14-12-5-3-4-6-13(12)20(18,19)16-14/h3-6,10-11H,7-9H2,1-2H3,(H,15,16). The summed E-state index contributed by atoms with van der Waals surface area (Å²) in [6, 6.07) is 7.67. The molecule has 0 aromatic heterocycles.